The van der Waals surface area contributed by atoms with Crippen molar-refractivity contribution in [2.24, 2.45) is 0 Å². The standard InChI is InChI=1S/C29H33Cl2N3O4S/c1-5-27(29(36)32-6-2)33(18-22-9-7-8-10-26(22)31)28(35)19-34(24-14-11-20(3)21(4)17-24)39(37,38)25-15-12-23(30)13-16-25/h7-17,27H,5-6,18-19H2,1-4H3,(H,32,36)/t27-/m1/s1. The largest absolute Gasteiger partial charge is 0.355 e. The number of sulfonamides is 1. The summed E-state index contributed by atoms with van der Waals surface area (Å²) < 4.78 is 28.9. The zero-order valence-corrected chi connectivity index (χ0v) is 24.8. The van der Waals surface area contributed by atoms with E-state index in [9.17, 15) is 18.0 Å². The van der Waals surface area contributed by atoms with Crippen molar-refractivity contribution in [3.8, 4) is 0 Å². The van der Waals surface area contributed by atoms with Crippen LogP contribution in [0.15, 0.2) is 71.6 Å². The number of anilines is 1. The second kappa shape index (κ2) is 13.3. The van der Waals surface area contributed by atoms with E-state index in [1.807, 2.05) is 19.9 Å². The fourth-order valence-corrected chi connectivity index (χ4v) is 5.89. The van der Waals surface area contributed by atoms with Gasteiger partial charge >= 0.3 is 0 Å². The van der Waals surface area contributed by atoms with Crippen LogP contribution < -0.4 is 9.62 Å². The molecule has 0 heterocycles. The zero-order valence-electron chi connectivity index (χ0n) is 22.4. The minimum atomic E-state index is -4.17. The van der Waals surface area contributed by atoms with E-state index in [1.165, 1.54) is 29.2 Å². The Balaban J connectivity index is 2.10. The summed E-state index contributed by atoms with van der Waals surface area (Å²) in [5, 5.41) is 3.62. The highest BCUT2D eigenvalue weighted by Crippen LogP contribution is 2.28. The van der Waals surface area contributed by atoms with Crippen LogP contribution in [0.4, 0.5) is 5.69 Å². The molecule has 10 heteroatoms. The molecule has 0 unspecified atom stereocenters. The maximum Gasteiger partial charge on any atom is 0.264 e. The van der Waals surface area contributed by atoms with Crippen molar-refractivity contribution in [3.05, 3.63) is 93.5 Å². The normalized spacial score (nSPS) is 12.1. The highest BCUT2D eigenvalue weighted by Gasteiger charge is 2.34. The molecule has 0 bridgehead atoms. The molecule has 3 aromatic carbocycles. The van der Waals surface area contributed by atoms with Gasteiger partial charge < -0.3 is 10.2 Å². The van der Waals surface area contributed by atoms with Crippen molar-refractivity contribution in [2.75, 3.05) is 17.4 Å². The Morgan fingerprint density at radius 1 is 0.923 bits per heavy atom. The van der Waals surface area contributed by atoms with Crippen LogP contribution >= 0.6 is 23.2 Å². The van der Waals surface area contributed by atoms with Gasteiger partial charge in [-0.1, -0.05) is 54.4 Å². The van der Waals surface area contributed by atoms with Crippen molar-refractivity contribution < 1.29 is 18.0 Å². The van der Waals surface area contributed by atoms with E-state index in [-0.39, 0.29) is 17.3 Å². The number of hydrogen-bond donors (Lipinski definition) is 1. The van der Waals surface area contributed by atoms with Crippen LogP contribution in [-0.2, 0) is 26.2 Å². The highest BCUT2D eigenvalue weighted by molar-refractivity contribution is 7.92. The van der Waals surface area contributed by atoms with Crippen molar-refractivity contribution in [1.82, 2.24) is 10.2 Å². The van der Waals surface area contributed by atoms with Crippen molar-refractivity contribution in [1.29, 1.82) is 0 Å². The Hall–Kier alpha value is -3.07. The number of amides is 2. The molecule has 39 heavy (non-hydrogen) atoms. The number of likely N-dealkylation sites (N-methyl/N-ethyl adjacent to an activating group) is 1. The lowest BCUT2D eigenvalue weighted by molar-refractivity contribution is -0.140. The molecule has 0 spiro atoms. The van der Waals surface area contributed by atoms with Crippen LogP contribution in [0, 0.1) is 13.8 Å². The topological polar surface area (TPSA) is 86.8 Å². The van der Waals surface area contributed by atoms with Gasteiger partial charge in [0.1, 0.15) is 12.6 Å². The van der Waals surface area contributed by atoms with Crippen LogP contribution in [-0.4, -0.2) is 44.3 Å². The summed E-state index contributed by atoms with van der Waals surface area (Å²) in [7, 11) is -4.17. The van der Waals surface area contributed by atoms with E-state index in [4.69, 9.17) is 23.2 Å². The molecule has 3 aromatic rings. The number of halogens is 2. The van der Waals surface area contributed by atoms with Gasteiger partial charge in [0.25, 0.3) is 10.0 Å². The van der Waals surface area contributed by atoms with Gasteiger partial charge in [0, 0.05) is 23.1 Å². The number of hydrogen-bond acceptors (Lipinski definition) is 4. The lowest BCUT2D eigenvalue weighted by Crippen LogP contribution is -2.52. The molecule has 0 aliphatic rings. The SMILES string of the molecule is CCNC(=O)[C@@H](CC)N(Cc1ccccc1Cl)C(=O)CN(c1ccc(C)c(C)c1)S(=O)(=O)c1ccc(Cl)cc1. The summed E-state index contributed by atoms with van der Waals surface area (Å²) in [6.07, 6.45) is 0.329. The minimum absolute atomic E-state index is 0.00801. The molecule has 208 valence electrons. The summed E-state index contributed by atoms with van der Waals surface area (Å²) in [6.45, 7) is 7.31. The van der Waals surface area contributed by atoms with E-state index in [0.29, 0.717) is 34.3 Å². The molecule has 0 saturated carbocycles. The Bertz CT molecular complexity index is 1430. The van der Waals surface area contributed by atoms with Gasteiger partial charge in [0.2, 0.25) is 11.8 Å². The van der Waals surface area contributed by atoms with E-state index in [1.54, 1.807) is 50.2 Å². The van der Waals surface area contributed by atoms with E-state index in [2.05, 4.69) is 5.32 Å². The molecular weight excluding hydrogens is 557 g/mol. The lowest BCUT2D eigenvalue weighted by atomic mass is 10.1. The number of rotatable bonds is 11. The lowest BCUT2D eigenvalue weighted by Gasteiger charge is -2.33. The average Bonchev–Trinajstić information content (AvgIpc) is 2.90. The predicted octanol–water partition coefficient (Wildman–Crippen LogP) is 5.75. The smallest absolute Gasteiger partial charge is 0.264 e. The second-order valence-electron chi connectivity index (χ2n) is 9.17. The van der Waals surface area contributed by atoms with Gasteiger partial charge in [-0.05, 0) is 86.3 Å². The Kier molecular flexibility index (Phi) is 10.4. The quantitative estimate of drug-likeness (QED) is 0.308. The average molecular weight is 591 g/mol. The van der Waals surface area contributed by atoms with E-state index in [0.717, 1.165) is 15.4 Å². The monoisotopic (exact) mass is 589 g/mol. The number of carbonyl (C=O) groups excluding carboxylic acids is 2. The minimum Gasteiger partial charge on any atom is -0.355 e. The molecule has 0 aliphatic heterocycles. The summed E-state index contributed by atoms with van der Waals surface area (Å²) in [6, 6.07) is 17.2. The van der Waals surface area contributed by atoms with Crippen molar-refractivity contribution in [2.45, 2.75) is 51.6 Å². The van der Waals surface area contributed by atoms with Crippen molar-refractivity contribution >= 4 is 50.7 Å². The van der Waals surface area contributed by atoms with Gasteiger partial charge in [-0.2, -0.15) is 0 Å². The summed E-state index contributed by atoms with van der Waals surface area (Å²) >= 11 is 12.4. The zero-order chi connectivity index (χ0) is 28.7. The maximum absolute atomic E-state index is 14.0. The first kappa shape index (κ1) is 30.5. The van der Waals surface area contributed by atoms with Crippen LogP contribution in [0.5, 0.6) is 0 Å². The van der Waals surface area contributed by atoms with E-state index >= 15 is 0 Å². The van der Waals surface area contributed by atoms with Crippen LogP contribution in [0.1, 0.15) is 37.0 Å². The number of nitrogens with zero attached hydrogens (tertiary/aromatic N) is 2. The molecule has 0 aromatic heterocycles. The van der Waals surface area contributed by atoms with Gasteiger partial charge in [0.15, 0.2) is 0 Å². The van der Waals surface area contributed by atoms with Gasteiger partial charge in [0.05, 0.1) is 10.6 Å². The molecule has 0 saturated heterocycles. The molecule has 1 N–H and O–H groups in total. The van der Waals surface area contributed by atoms with Gasteiger partial charge in [-0.15, -0.1) is 0 Å². The van der Waals surface area contributed by atoms with Crippen LogP contribution in [0.2, 0.25) is 10.0 Å². The second-order valence-corrected chi connectivity index (χ2v) is 11.9. The van der Waals surface area contributed by atoms with Crippen LogP contribution in [0.3, 0.4) is 0 Å². The third kappa shape index (κ3) is 7.32. The molecule has 2 amide bonds. The van der Waals surface area contributed by atoms with Gasteiger partial charge in [-0.3, -0.25) is 13.9 Å². The Morgan fingerprint density at radius 3 is 2.18 bits per heavy atom. The summed E-state index contributed by atoms with van der Waals surface area (Å²) in [4.78, 5) is 28.4. The maximum atomic E-state index is 14.0. The molecule has 7 nitrogen and oxygen atoms in total. The number of benzene rings is 3. The number of aryl methyl sites for hydroxylation is 2. The predicted molar refractivity (Wildman–Crippen MR) is 157 cm³/mol. The van der Waals surface area contributed by atoms with Gasteiger partial charge in [-0.25, -0.2) is 8.42 Å². The first-order chi connectivity index (χ1) is 18.5. The molecule has 0 aliphatic carbocycles. The molecule has 0 fully saturated rings. The molecule has 0 radical (unpaired) electrons. The third-order valence-electron chi connectivity index (χ3n) is 6.49. The summed E-state index contributed by atoms with van der Waals surface area (Å²) in [5.41, 5.74) is 2.84. The first-order valence-corrected chi connectivity index (χ1v) is 14.8. The molecular formula is C29H33Cl2N3O4S. The Labute approximate surface area is 240 Å². The Morgan fingerprint density at radius 2 is 1.59 bits per heavy atom. The third-order valence-corrected chi connectivity index (χ3v) is 8.90. The fourth-order valence-electron chi connectivity index (χ4n) is 4.16. The van der Waals surface area contributed by atoms with E-state index < -0.39 is 28.5 Å². The molecule has 1 atom stereocenters. The highest BCUT2D eigenvalue weighted by atomic mass is 35.5. The van der Waals surface area contributed by atoms with Crippen molar-refractivity contribution in [3.63, 3.8) is 0 Å². The first-order valence-electron chi connectivity index (χ1n) is 12.7. The summed E-state index contributed by atoms with van der Waals surface area (Å²) in [5.74, 6) is -0.859. The molecule has 3 rings (SSSR count). The number of nitrogens with one attached hydrogen (secondary N) is 1. The fraction of sp³-hybridized carbons (Fsp3) is 0.310. The number of carbonyl (C=O) groups is 2. The van der Waals surface area contributed by atoms with Crippen LogP contribution in [0.25, 0.3) is 0 Å².